The second-order valence-corrected chi connectivity index (χ2v) is 18.8. The first-order valence-electron chi connectivity index (χ1n) is 21.2. The zero-order chi connectivity index (χ0) is 43.7. The summed E-state index contributed by atoms with van der Waals surface area (Å²) >= 11 is 0. The number of nitrogens with two attached hydrogens (primary N) is 1. The number of ether oxygens (including phenoxy) is 5. The summed E-state index contributed by atoms with van der Waals surface area (Å²) in [6.07, 6.45) is -3.36. The zero-order valence-corrected chi connectivity index (χ0v) is 37.3. The molecule has 16 nitrogen and oxygen atoms in total. The SMILES string of the molecule is [B]n1cc(CCN(C)[C@H]2C[C@@H](C)O[C@@H](O[C@@H]3[C@@H](C)[C@H](C4C[C@@](C)(OC)[C@@H](N)[C@H](C)O4)[C@@H](C)C(=O)O[C@H](CC)[C@@](C)(O)[C@H](O)[C@@H](C)N(C)C[C@H](C)C[C@@]3(C)O)[C@@H]2O)nn1. The van der Waals surface area contributed by atoms with Gasteiger partial charge in [-0.3, -0.25) is 4.79 Å². The molecule has 3 saturated heterocycles. The molecule has 4 heterocycles. The lowest BCUT2D eigenvalue weighted by atomic mass is 9.68. The second kappa shape index (κ2) is 19.5. The minimum absolute atomic E-state index is 0.138. The zero-order valence-electron chi connectivity index (χ0n) is 37.3. The van der Waals surface area contributed by atoms with Crippen LogP contribution in [-0.2, 0) is 34.9 Å². The van der Waals surface area contributed by atoms with E-state index in [-0.39, 0.29) is 30.9 Å². The van der Waals surface area contributed by atoms with E-state index in [0.29, 0.717) is 32.4 Å². The molecule has 0 spiro atoms. The number of carbonyl (C=O) groups excluding carboxylic acids is 1. The number of esters is 1. The van der Waals surface area contributed by atoms with Crippen molar-refractivity contribution in [1.29, 1.82) is 0 Å². The summed E-state index contributed by atoms with van der Waals surface area (Å²) in [5.74, 6) is -2.87. The summed E-state index contributed by atoms with van der Waals surface area (Å²) in [4.78, 5) is 18.5. The highest BCUT2D eigenvalue weighted by molar-refractivity contribution is 6.05. The van der Waals surface area contributed by atoms with E-state index < -0.39 is 95.5 Å². The number of aliphatic hydroxyl groups excluding tert-OH is 2. The van der Waals surface area contributed by atoms with Gasteiger partial charge < -0.3 is 64.2 Å². The number of hydrogen-bond acceptors (Lipinski definition) is 15. The third-order valence-electron chi connectivity index (χ3n) is 13.9. The molecule has 3 aliphatic rings. The predicted octanol–water partition coefficient (Wildman–Crippen LogP) is 1.28. The van der Waals surface area contributed by atoms with E-state index in [2.05, 4.69) is 10.3 Å². The molecule has 1 unspecified atom stereocenters. The Hall–Kier alpha value is -1.77. The molecule has 0 bridgehead atoms. The van der Waals surface area contributed by atoms with Crippen molar-refractivity contribution in [3.63, 3.8) is 0 Å². The number of carbonyl (C=O) groups is 1. The third kappa shape index (κ3) is 10.8. The summed E-state index contributed by atoms with van der Waals surface area (Å²) in [7, 11) is 11.1. The molecule has 0 aliphatic carbocycles. The topological polar surface area (TPSA) is 207 Å². The molecule has 0 aromatic carbocycles. The Balaban J connectivity index is 1.80. The number of methoxy groups -OCH3 is 1. The molecule has 2 radical (unpaired) electrons. The first kappa shape index (κ1) is 48.9. The van der Waals surface area contributed by atoms with E-state index in [9.17, 15) is 25.2 Å². The van der Waals surface area contributed by atoms with Gasteiger partial charge in [0.05, 0.1) is 53.3 Å². The third-order valence-corrected chi connectivity index (χ3v) is 13.9. The minimum atomic E-state index is -1.78. The highest BCUT2D eigenvalue weighted by atomic mass is 16.7. The Morgan fingerprint density at radius 3 is 2.33 bits per heavy atom. The Morgan fingerprint density at radius 2 is 1.74 bits per heavy atom. The van der Waals surface area contributed by atoms with Crippen molar-refractivity contribution in [2.75, 3.05) is 34.3 Å². The van der Waals surface area contributed by atoms with Crippen LogP contribution in [0.2, 0.25) is 0 Å². The molecule has 332 valence electrons. The maximum absolute atomic E-state index is 14.5. The van der Waals surface area contributed by atoms with Crippen molar-refractivity contribution in [1.82, 2.24) is 24.7 Å². The largest absolute Gasteiger partial charge is 0.459 e. The Morgan fingerprint density at radius 1 is 1.09 bits per heavy atom. The average Bonchev–Trinajstić information content (AvgIpc) is 3.57. The lowest BCUT2D eigenvalue weighted by Crippen LogP contribution is -2.63. The Labute approximate surface area is 347 Å². The van der Waals surface area contributed by atoms with Crippen molar-refractivity contribution in [3.05, 3.63) is 11.9 Å². The van der Waals surface area contributed by atoms with Crippen LogP contribution in [0, 0.1) is 23.7 Å². The average molecular weight is 823 g/mol. The first-order chi connectivity index (χ1) is 26.9. The molecule has 3 aliphatic heterocycles. The molecule has 6 N–H and O–H groups in total. The van der Waals surface area contributed by atoms with E-state index in [1.165, 1.54) is 6.92 Å². The van der Waals surface area contributed by atoms with Gasteiger partial charge >= 0.3 is 5.97 Å². The van der Waals surface area contributed by atoms with E-state index in [1.54, 1.807) is 34.1 Å². The van der Waals surface area contributed by atoms with Gasteiger partial charge in [-0.25, -0.2) is 0 Å². The molecule has 1 aromatic heterocycles. The first-order valence-corrected chi connectivity index (χ1v) is 21.2. The summed E-state index contributed by atoms with van der Waals surface area (Å²) in [5, 5.41) is 56.2. The molecule has 4 rings (SSSR count). The van der Waals surface area contributed by atoms with Crippen molar-refractivity contribution in [3.8, 4) is 0 Å². The monoisotopic (exact) mass is 823 g/mol. The van der Waals surface area contributed by atoms with Gasteiger partial charge in [0.1, 0.15) is 23.9 Å². The van der Waals surface area contributed by atoms with Gasteiger partial charge in [-0.2, -0.15) is 0 Å². The maximum atomic E-state index is 14.5. The molecule has 17 heteroatoms. The predicted molar refractivity (Wildman–Crippen MR) is 219 cm³/mol. The number of nitrogens with zero attached hydrogens (tertiary/aromatic N) is 5. The summed E-state index contributed by atoms with van der Waals surface area (Å²) < 4.78 is 33.4. The number of cyclic esters (lactones) is 1. The van der Waals surface area contributed by atoms with Crippen LogP contribution in [0.1, 0.15) is 101 Å². The van der Waals surface area contributed by atoms with Crippen LogP contribution in [0.25, 0.3) is 0 Å². The number of aliphatic hydroxyl groups is 4. The fraction of sp³-hybridized carbons (Fsp3) is 0.927. The lowest BCUT2D eigenvalue weighted by molar-refractivity contribution is -0.301. The highest BCUT2D eigenvalue weighted by Gasteiger charge is 2.54. The van der Waals surface area contributed by atoms with E-state index >= 15 is 0 Å². The number of likely N-dealkylation sites (N-methyl/N-ethyl adjacent to an activating group) is 2. The normalized spacial score (nSPS) is 45.7. The highest BCUT2D eigenvalue weighted by Crippen LogP contribution is 2.44. The van der Waals surface area contributed by atoms with E-state index in [1.807, 2.05) is 65.4 Å². The summed E-state index contributed by atoms with van der Waals surface area (Å²) in [6.45, 7) is 19.3. The van der Waals surface area contributed by atoms with Crippen LogP contribution in [0.4, 0.5) is 0 Å². The smallest absolute Gasteiger partial charge is 0.309 e. The van der Waals surface area contributed by atoms with E-state index in [4.69, 9.17) is 37.4 Å². The van der Waals surface area contributed by atoms with Gasteiger partial charge in [0, 0.05) is 57.2 Å². The minimum Gasteiger partial charge on any atom is -0.459 e. The van der Waals surface area contributed by atoms with Crippen LogP contribution >= 0.6 is 0 Å². The molecule has 3 fully saturated rings. The van der Waals surface area contributed by atoms with Gasteiger partial charge in [0.15, 0.2) is 6.29 Å². The molecule has 0 saturated carbocycles. The second-order valence-electron chi connectivity index (χ2n) is 18.8. The molecule has 1 aromatic rings. The molecule has 58 heavy (non-hydrogen) atoms. The number of hydrogen-bond donors (Lipinski definition) is 5. The van der Waals surface area contributed by atoms with Crippen molar-refractivity contribution < 1.29 is 48.9 Å². The van der Waals surface area contributed by atoms with Crippen LogP contribution in [0.5, 0.6) is 0 Å². The van der Waals surface area contributed by atoms with Gasteiger partial charge in [0.2, 0.25) is 0 Å². The van der Waals surface area contributed by atoms with Crippen molar-refractivity contribution >= 4 is 14.0 Å². The van der Waals surface area contributed by atoms with Gasteiger partial charge in [0.25, 0.3) is 7.98 Å². The van der Waals surface area contributed by atoms with Crippen LogP contribution < -0.4 is 5.73 Å². The number of aromatic nitrogens is 3. The summed E-state index contributed by atoms with van der Waals surface area (Å²) in [6, 6.07) is -1.36. The van der Waals surface area contributed by atoms with Gasteiger partial charge in [-0.1, -0.05) is 32.9 Å². The van der Waals surface area contributed by atoms with E-state index in [0.717, 1.165) is 10.3 Å². The van der Waals surface area contributed by atoms with Crippen molar-refractivity contribution in [2.45, 2.75) is 185 Å². The summed E-state index contributed by atoms with van der Waals surface area (Å²) in [5.41, 5.74) is 3.23. The fourth-order valence-corrected chi connectivity index (χ4v) is 10.1. The van der Waals surface area contributed by atoms with Crippen molar-refractivity contribution in [2.24, 2.45) is 29.4 Å². The Kier molecular flexibility index (Phi) is 16.5. The van der Waals surface area contributed by atoms with Crippen LogP contribution in [0.15, 0.2) is 6.20 Å². The Bertz CT molecular complexity index is 1470. The van der Waals surface area contributed by atoms with Crippen LogP contribution in [-0.4, -0.2) is 177 Å². The quantitative estimate of drug-likeness (QED) is 0.176. The molecule has 18 atom stereocenters. The maximum Gasteiger partial charge on any atom is 0.309 e. The van der Waals surface area contributed by atoms with Gasteiger partial charge in [-0.15, -0.1) is 5.10 Å². The standard InChI is InChI=1S/C41H75BN6O10/c1-14-31-41(10,53)35(50)26(6)47(12)20-22(2)18-39(8,52)36(24(4)32(25(5)37(51)57-31)30-19-40(9,54-13)34(43)27(7)56-30)58-38-33(49)29(17-23(3)55-38)46(11)16-15-28-21-48(42)45-44-28/h21-27,29-36,38,49-50,52-53H,14-20,43H2,1-13H3/t22-,23-,24+,25-,26-,27+,29+,30?,31-,32+,33-,34+,35-,36-,38+,39-,40-,41-/m1/s1. The lowest BCUT2D eigenvalue weighted by Gasteiger charge is -2.52. The van der Waals surface area contributed by atoms with Gasteiger partial charge in [-0.05, 0) is 86.7 Å². The molecular formula is C41H75BN6O10. The number of rotatable bonds is 9. The fourth-order valence-electron chi connectivity index (χ4n) is 10.1. The molecule has 0 amide bonds. The van der Waals surface area contributed by atoms with Crippen LogP contribution in [0.3, 0.4) is 0 Å². The molecular weight excluding hydrogens is 747 g/mol.